The molecule has 0 saturated carbocycles. The first kappa shape index (κ1) is 17.0. The molecule has 0 bridgehead atoms. The van der Waals surface area contributed by atoms with Gasteiger partial charge < -0.3 is 14.9 Å². The number of aliphatic hydroxyl groups is 1. The number of nitrogens with zero attached hydrogens (tertiary/aromatic N) is 3. The van der Waals surface area contributed by atoms with Crippen molar-refractivity contribution >= 4 is 21.9 Å². The lowest BCUT2D eigenvalue weighted by atomic mass is 9.91. The molecule has 0 heterocycles. The van der Waals surface area contributed by atoms with Crippen LogP contribution in [0.2, 0.25) is 0 Å². The standard InChI is InChI=1S/C15H24BrN3O/c1-6-15(20,12-7-9-13(16)10-8-12)11-17-14(18(2)3)19(4)5/h7-10,20H,6,11H2,1-5H3. The van der Waals surface area contributed by atoms with Crippen molar-refractivity contribution in [3.63, 3.8) is 0 Å². The van der Waals surface area contributed by atoms with Gasteiger partial charge in [0.15, 0.2) is 5.96 Å². The smallest absolute Gasteiger partial charge is 0.195 e. The zero-order chi connectivity index (χ0) is 15.3. The van der Waals surface area contributed by atoms with Crippen LogP contribution in [-0.2, 0) is 5.60 Å². The van der Waals surface area contributed by atoms with Gasteiger partial charge >= 0.3 is 0 Å². The average Bonchev–Trinajstić information content (AvgIpc) is 2.38. The van der Waals surface area contributed by atoms with Crippen LogP contribution in [0.3, 0.4) is 0 Å². The maximum atomic E-state index is 10.8. The van der Waals surface area contributed by atoms with E-state index in [9.17, 15) is 5.11 Å². The maximum Gasteiger partial charge on any atom is 0.195 e. The second-order valence-corrected chi connectivity index (χ2v) is 6.21. The molecule has 0 radical (unpaired) electrons. The first-order chi connectivity index (χ1) is 9.30. The highest BCUT2D eigenvalue weighted by Crippen LogP contribution is 2.26. The van der Waals surface area contributed by atoms with Crippen LogP contribution in [0.1, 0.15) is 18.9 Å². The van der Waals surface area contributed by atoms with Crippen LogP contribution >= 0.6 is 15.9 Å². The van der Waals surface area contributed by atoms with Gasteiger partial charge in [-0.1, -0.05) is 35.0 Å². The van der Waals surface area contributed by atoms with E-state index < -0.39 is 5.60 Å². The van der Waals surface area contributed by atoms with Crippen LogP contribution in [0.15, 0.2) is 33.7 Å². The van der Waals surface area contributed by atoms with Gasteiger partial charge in [-0.3, -0.25) is 0 Å². The Morgan fingerprint density at radius 3 is 2.05 bits per heavy atom. The minimum Gasteiger partial charge on any atom is -0.383 e. The molecule has 0 aliphatic heterocycles. The lowest BCUT2D eigenvalue weighted by molar-refractivity contribution is 0.0419. The molecule has 0 fully saturated rings. The second kappa shape index (κ2) is 7.09. The number of aliphatic imine (C=N–C) groups is 1. The molecule has 1 N–H and O–H groups in total. The highest BCUT2D eigenvalue weighted by atomic mass is 79.9. The highest BCUT2D eigenvalue weighted by Gasteiger charge is 2.27. The van der Waals surface area contributed by atoms with E-state index in [1.807, 2.05) is 69.2 Å². The van der Waals surface area contributed by atoms with E-state index in [2.05, 4.69) is 20.9 Å². The molecule has 1 aromatic carbocycles. The summed E-state index contributed by atoms with van der Waals surface area (Å²) in [6.45, 7) is 2.32. The Hall–Kier alpha value is -1.07. The summed E-state index contributed by atoms with van der Waals surface area (Å²) in [5, 5.41) is 10.8. The fraction of sp³-hybridized carbons (Fsp3) is 0.533. The van der Waals surface area contributed by atoms with Crippen molar-refractivity contribution < 1.29 is 5.11 Å². The minimum absolute atomic E-state index is 0.344. The molecule has 0 aromatic heterocycles. The highest BCUT2D eigenvalue weighted by molar-refractivity contribution is 9.10. The van der Waals surface area contributed by atoms with Gasteiger partial charge in [-0.05, 0) is 24.1 Å². The van der Waals surface area contributed by atoms with Crippen LogP contribution in [-0.4, -0.2) is 55.6 Å². The molecular formula is C15H24BrN3O. The quantitative estimate of drug-likeness (QED) is 0.675. The predicted octanol–water partition coefficient (Wildman–Crippen LogP) is 2.53. The van der Waals surface area contributed by atoms with Gasteiger partial charge in [0.25, 0.3) is 0 Å². The van der Waals surface area contributed by atoms with E-state index in [4.69, 9.17) is 0 Å². The Kier molecular flexibility index (Phi) is 6.02. The van der Waals surface area contributed by atoms with Crippen LogP contribution < -0.4 is 0 Å². The third-order valence-electron chi connectivity index (χ3n) is 3.25. The van der Waals surface area contributed by atoms with Crippen molar-refractivity contribution in [2.24, 2.45) is 4.99 Å². The zero-order valence-corrected chi connectivity index (χ0v) is 14.5. The predicted molar refractivity (Wildman–Crippen MR) is 88.0 cm³/mol. The summed E-state index contributed by atoms with van der Waals surface area (Å²) in [6.07, 6.45) is 0.617. The number of hydrogen-bond donors (Lipinski definition) is 1. The Morgan fingerprint density at radius 2 is 1.65 bits per heavy atom. The molecule has 0 aliphatic rings. The van der Waals surface area contributed by atoms with E-state index in [0.717, 1.165) is 16.0 Å². The maximum absolute atomic E-state index is 10.8. The fourth-order valence-corrected chi connectivity index (χ4v) is 2.32. The Balaban J connectivity index is 3.00. The summed E-state index contributed by atoms with van der Waals surface area (Å²) >= 11 is 3.41. The molecule has 1 atom stereocenters. The summed E-state index contributed by atoms with van der Waals surface area (Å²) < 4.78 is 1.01. The van der Waals surface area contributed by atoms with Crippen LogP contribution in [0.4, 0.5) is 0 Å². The topological polar surface area (TPSA) is 39.1 Å². The van der Waals surface area contributed by atoms with Crippen molar-refractivity contribution in [1.29, 1.82) is 0 Å². The number of halogens is 1. The summed E-state index contributed by atoms with van der Waals surface area (Å²) in [5.41, 5.74) is -0.0402. The number of rotatable bonds is 4. The molecular weight excluding hydrogens is 318 g/mol. The van der Waals surface area contributed by atoms with Gasteiger partial charge in [0.2, 0.25) is 0 Å². The van der Waals surface area contributed by atoms with Gasteiger partial charge in [-0.15, -0.1) is 0 Å². The van der Waals surface area contributed by atoms with Gasteiger partial charge in [0.1, 0.15) is 5.60 Å². The molecule has 5 heteroatoms. The molecule has 0 aliphatic carbocycles. The molecule has 0 spiro atoms. The first-order valence-electron chi connectivity index (χ1n) is 6.67. The Bertz CT molecular complexity index is 447. The summed E-state index contributed by atoms with van der Waals surface area (Å²) in [4.78, 5) is 8.46. The molecule has 1 aromatic rings. The largest absolute Gasteiger partial charge is 0.383 e. The van der Waals surface area contributed by atoms with Crippen LogP contribution in [0.5, 0.6) is 0 Å². The molecule has 4 nitrogen and oxygen atoms in total. The average molecular weight is 342 g/mol. The molecule has 1 unspecified atom stereocenters. The van der Waals surface area contributed by atoms with Crippen molar-refractivity contribution in [3.05, 3.63) is 34.3 Å². The van der Waals surface area contributed by atoms with Crippen molar-refractivity contribution in [3.8, 4) is 0 Å². The SMILES string of the molecule is CCC(O)(CN=C(N(C)C)N(C)C)c1ccc(Br)cc1. The third-order valence-corrected chi connectivity index (χ3v) is 3.78. The van der Waals surface area contributed by atoms with Crippen molar-refractivity contribution in [2.45, 2.75) is 18.9 Å². The number of guanidine groups is 1. The Morgan fingerprint density at radius 1 is 1.15 bits per heavy atom. The van der Waals surface area contributed by atoms with E-state index >= 15 is 0 Å². The Labute approximate surface area is 130 Å². The monoisotopic (exact) mass is 341 g/mol. The minimum atomic E-state index is -0.933. The molecule has 20 heavy (non-hydrogen) atoms. The number of hydrogen-bond acceptors (Lipinski definition) is 2. The van der Waals surface area contributed by atoms with Crippen molar-refractivity contribution in [2.75, 3.05) is 34.7 Å². The van der Waals surface area contributed by atoms with Gasteiger partial charge in [0.05, 0.1) is 6.54 Å². The molecule has 0 saturated heterocycles. The first-order valence-corrected chi connectivity index (χ1v) is 7.47. The second-order valence-electron chi connectivity index (χ2n) is 5.30. The fourth-order valence-electron chi connectivity index (χ4n) is 2.05. The van der Waals surface area contributed by atoms with E-state index in [0.29, 0.717) is 13.0 Å². The van der Waals surface area contributed by atoms with Crippen LogP contribution in [0.25, 0.3) is 0 Å². The zero-order valence-electron chi connectivity index (χ0n) is 12.9. The van der Waals surface area contributed by atoms with E-state index in [1.54, 1.807) is 0 Å². The lowest BCUT2D eigenvalue weighted by Crippen LogP contribution is -2.37. The summed E-state index contributed by atoms with van der Waals surface area (Å²) in [7, 11) is 7.79. The van der Waals surface area contributed by atoms with E-state index in [-0.39, 0.29) is 0 Å². The van der Waals surface area contributed by atoms with Crippen molar-refractivity contribution in [1.82, 2.24) is 9.80 Å². The third kappa shape index (κ3) is 4.21. The molecule has 0 amide bonds. The molecule has 112 valence electrons. The molecule has 1 rings (SSSR count). The van der Waals surface area contributed by atoms with Gasteiger partial charge in [-0.25, -0.2) is 4.99 Å². The number of benzene rings is 1. The lowest BCUT2D eigenvalue weighted by Gasteiger charge is -2.28. The summed E-state index contributed by atoms with van der Waals surface area (Å²) in [6, 6.07) is 7.76. The van der Waals surface area contributed by atoms with Gasteiger partial charge in [-0.2, -0.15) is 0 Å². The normalized spacial score (nSPS) is 13.6. The van der Waals surface area contributed by atoms with E-state index in [1.165, 1.54) is 0 Å². The summed E-state index contributed by atoms with van der Waals surface area (Å²) in [5.74, 6) is 0.842. The van der Waals surface area contributed by atoms with Gasteiger partial charge in [0, 0.05) is 32.7 Å². The van der Waals surface area contributed by atoms with Crippen LogP contribution in [0, 0.1) is 0 Å².